The van der Waals surface area contributed by atoms with Crippen molar-refractivity contribution < 1.29 is 22.4 Å². The first-order valence-corrected chi connectivity index (χ1v) is 8.94. The van der Waals surface area contributed by atoms with Gasteiger partial charge in [0.05, 0.1) is 6.20 Å². The Morgan fingerprint density at radius 3 is 2.63 bits per heavy atom. The number of nitrogens with one attached hydrogen (secondary N) is 3. The molecule has 0 aliphatic carbocycles. The lowest BCUT2D eigenvalue weighted by molar-refractivity contribution is -0.141. The molecule has 0 bridgehead atoms. The van der Waals surface area contributed by atoms with Crippen LogP contribution >= 0.6 is 0 Å². The van der Waals surface area contributed by atoms with Crippen molar-refractivity contribution in [2.45, 2.75) is 32.5 Å². The molecule has 0 spiro atoms. The first-order chi connectivity index (χ1) is 14.0. The van der Waals surface area contributed by atoms with Crippen LogP contribution in [0.1, 0.15) is 20.8 Å². The van der Waals surface area contributed by atoms with Gasteiger partial charge in [0.1, 0.15) is 24.1 Å². The Morgan fingerprint density at radius 2 is 1.97 bits per heavy atom. The number of H-pyrrole nitrogens is 1. The maximum Gasteiger partial charge on any atom is 0.405 e. The van der Waals surface area contributed by atoms with Gasteiger partial charge < -0.3 is 15.6 Å². The number of carbonyl (C=O) groups is 1. The van der Waals surface area contributed by atoms with E-state index in [4.69, 9.17) is 0 Å². The third-order valence-corrected chi connectivity index (χ3v) is 4.79. The van der Waals surface area contributed by atoms with Crippen molar-refractivity contribution in [3.8, 4) is 11.4 Å². The summed E-state index contributed by atoms with van der Waals surface area (Å²) in [4.78, 5) is 31.5. The minimum atomic E-state index is -4.57. The molecule has 0 aromatic carbocycles. The van der Waals surface area contributed by atoms with Crippen molar-refractivity contribution in [1.82, 2.24) is 30.2 Å². The molecule has 3 N–H and O–H groups in total. The molecule has 0 unspecified atom stereocenters. The van der Waals surface area contributed by atoms with Gasteiger partial charge >= 0.3 is 6.18 Å². The van der Waals surface area contributed by atoms with Gasteiger partial charge in [-0.1, -0.05) is 13.8 Å². The molecular weight excluding hydrogens is 406 g/mol. The second-order valence-electron chi connectivity index (χ2n) is 7.16. The summed E-state index contributed by atoms with van der Waals surface area (Å²) in [6, 6.07) is 0. The van der Waals surface area contributed by atoms with Crippen LogP contribution in [0, 0.1) is 11.7 Å². The summed E-state index contributed by atoms with van der Waals surface area (Å²) >= 11 is 0. The zero-order valence-corrected chi connectivity index (χ0v) is 16.3. The number of anilines is 1. The normalized spacial score (nSPS) is 14.0. The van der Waals surface area contributed by atoms with Gasteiger partial charge in [-0.05, 0) is 12.8 Å². The lowest BCUT2D eigenvalue weighted by Crippen LogP contribution is -2.55. The number of nitrogens with zero attached hydrogens (tertiary/aromatic N) is 4. The summed E-state index contributed by atoms with van der Waals surface area (Å²) in [5.74, 6) is -2.48. The third-order valence-electron chi connectivity index (χ3n) is 4.79. The molecule has 0 aliphatic heterocycles. The van der Waals surface area contributed by atoms with Crippen molar-refractivity contribution in [3.05, 3.63) is 30.7 Å². The van der Waals surface area contributed by atoms with E-state index in [1.165, 1.54) is 19.4 Å². The Bertz CT molecular complexity index is 1070. The average molecular weight is 425 g/mol. The molecule has 1 atom stereocenters. The quantitative estimate of drug-likeness (QED) is 0.524. The maximum atomic E-state index is 14.4. The molecule has 3 aromatic rings. The van der Waals surface area contributed by atoms with E-state index >= 15 is 0 Å². The van der Waals surface area contributed by atoms with Crippen molar-refractivity contribution in [3.63, 3.8) is 0 Å². The topological polar surface area (TPSA) is 108 Å². The van der Waals surface area contributed by atoms with Crippen LogP contribution < -0.4 is 10.6 Å². The zero-order chi connectivity index (χ0) is 22.1. The summed E-state index contributed by atoms with van der Waals surface area (Å²) in [6.45, 7) is 3.13. The lowest BCUT2D eigenvalue weighted by atomic mass is 9.87. The largest absolute Gasteiger partial charge is 0.405 e. The molecule has 160 valence electrons. The number of hydrogen-bond donors (Lipinski definition) is 3. The number of amides is 1. The number of halogens is 4. The molecule has 8 nitrogen and oxygen atoms in total. The monoisotopic (exact) mass is 425 g/mol. The Labute approximate surface area is 168 Å². The number of alkyl halides is 3. The SMILES string of the molecule is CC(C)[C@](C)(Nc1nc(-c2c[nH]c3ncncc23)ncc1F)C(=O)NCC(F)(F)F. The standard InChI is InChI=1S/C18H19F4N7O/c1-9(2)17(3,16(30)26-7-18(20,21)22)29-15-12(19)6-25-14(28-15)11-5-24-13-10(11)4-23-8-27-13/h4-6,8-9H,7H2,1-3H3,(H,26,30)(H,23,24,27)(H,25,28,29)/t17-/m0/s1. The molecule has 0 radical (unpaired) electrons. The Balaban J connectivity index is 1.94. The van der Waals surface area contributed by atoms with Crippen LogP contribution in [-0.4, -0.2) is 49.1 Å². The van der Waals surface area contributed by atoms with Gasteiger partial charge in [-0.15, -0.1) is 0 Å². The molecule has 1 amide bonds. The fourth-order valence-corrected chi connectivity index (χ4v) is 2.70. The van der Waals surface area contributed by atoms with Crippen molar-refractivity contribution in [2.75, 3.05) is 11.9 Å². The van der Waals surface area contributed by atoms with Gasteiger partial charge in [0.2, 0.25) is 5.91 Å². The average Bonchev–Trinajstić information content (AvgIpc) is 3.11. The van der Waals surface area contributed by atoms with Crippen LogP contribution in [0.25, 0.3) is 22.4 Å². The first-order valence-electron chi connectivity index (χ1n) is 8.94. The van der Waals surface area contributed by atoms with Crippen molar-refractivity contribution >= 4 is 22.8 Å². The van der Waals surface area contributed by atoms with Crippen LogP contribution in [-0.2, 0) is 4.79 Å². The number of fused-ring (bicyclic) bond motifs is 1. The number of aromatic amines is 1. The number of aromatic nitrogens is 5. The molecule has 12 heteroatoms. The second-order valence-corrected chi connectivity index (χ2v) is 7.16. The Morgan fingerprint density at radius 1 is 1.23 bits per heavy atom. The van der Waals surface area contributed by atoms with E-state index < -0.39 is 35.9 Å². The predicted octanol–water partition coefficient (Wildman–Crippen LogP) is 3.06. The van der Waals surface area contributed by atoms with Crippen molar-refractivity contribution in [2.24, 2.45) is 5.92 Å². The van der Waals surface area contributed by atoms with E-state index in [1.807, 2.05) is 5.32 Å². The Kier molecular flexibility index (Phi) is 5.59. The highest BCUT2D eigenvalue weighted by molar-refractivity contribution is 5.91. The smallest absolute Gasteiger partial charge is 0.353 e. The summed E-state index contributed by atoms with van der Waals surface area (Å²) in [5, 5.41) is 5.10. The number of hydrogen-bond acceptors (Lipinski definition) is 6. The molecule has 0 aliphatic rings. The minimum absolute atomic E-state index is 0.127. The molecular formula is C18H19F4N7O. The molecule has 30 heavy (non-hydrogen) atoms. The maximum absolute atomic E-state index is 14.4. The minimum Gasteiger partial charge on any atom is -0.353 e. The van der Waals surface area contributed by atoms with Crippen LogP contribution in [0.15, 0.2) is 24.9 Å². The fraction of sp³-hybridized carbons (Fsp3) is 0.389. The van der Waals surface area contributed by atoms with Gasteiger partial charge in [0.25, 0.3) is 0 Å². The molecule has 0 fully saturated rings. The molecule has 0 saturated heterocycles. The summed E-state index contributed by atoms with van der Waals surface area (Å²) in [6.07, 6.45) is 0.819. The van der Waals surface area contributed by atoms with Gasteiger partial charge in [-0.25, -0.2) is 24.3 Å². The van der Waals surface area contributed by atoms with E-state index in [2.05, 4.69) is 30.2 Å². The van der Waals surface area contributed by atoms with Crippen molar-refractivity contribution in [1.29, 1.82) is 0 Å². The molecule has 0 saturated carbocycles. The fourth-order valence-electron chi connectivity index (χ4n) is 2.70. The number of rotatable bonds is 6. The van der Waals surface area contributed by atoms with Gasteiger partial charge in [-0.2, -0.15) is 13.2 Å². The third kappa shape index (κ3) is 4.31. The molecule has 3 heterocycles. The van der Waals surface area contributed by atoms with E-state index in [-0.39, 0.29) is 11.6 Å². The van der Waals surface area contributed by atoms with Crippen LogP contribution in [0.4, 0.5) is 23.4 Å². The van der Waals surface area contributed by atoms with Crippen LogP contribution in [0.5, 0.6) is 0 Å². The first kappa shape index (κ1) is 21.4. The predicted molar refractivity (Wildman–Crippen MR) is 101 cm³/mol. The summed E-state index contributed by atoms with van der Waals surface area (Å²) < 4.78 is 51.9. The van der Waals surface area contributed by atoms with Gasteiger partial charge in [0, 0.05) is 23.3 Å². The Hall–Kier alpha value is -3.31. The summed E-state index contributed by atoms with van der Waals surface area (Å²) in [5.41, 5.74) is -0.538. The van der Waals surface area contributed by atoms with Crippen LogP contribution in [0.2, 0.25) is 0 Å². The van der Waals surface area contributed by atoms with Gasteiger partial charge in [0.15, 0.2) is 17.5 Å². The summed E-state index contributed by atoms with van der Waals surface area (Å²) in [7, 11) is 0. The highest BCUT2D eigenvalue weighted by Crippen LogP contribution is 2.28. The van der Waals surface area contributed by atoms with Crippen LogP contribution in [0.3, 0.4) is 0 Å². The van der Waals surface area contributed by atoms with E-state index in [0.29, 0.717) is 16.6 Å². The van der Waals surface area contributed by atoms with E-state index in [0.717, 1.165) is 6.20 Å². The number of carbonyl (C=O) groups excluding carboxylic acids is 1. The van der Waals surface area contributed by atoms with E-state index in [1.54, 1.807) is 20.0 Å². The van der Waals surface area contributed by atoms with Gasteiger partial charge in [-0.3, -0.25) is 4.79 Å². The second kappa shape index (κ2) is 7.84. The highest BCUT2D eigenvalue weighted by Gasteiger charge is 2.39. The lowest BCUT2D eigenvalue weighted by Gasteiger charge is -2.34. The zero-order valence-electron chi connectivity index (χ0n) is 16.3. The highest BCUT2D eigenvalue weighted by atomic mass is 19.4. The molecule has 3 aromatic heterocycles. The van der Waals surface area contributed by atoms with E-state index in [9.17, 15) is 22.4 Å². The molecule has 3 rings (SSSR count).